The lowest BCUT2D eigenvalue weighted by molar-refractivity contribution is -0.137. The third kappa shape index (κ3) is 4.12. The van der Waals surface area contributed by atoms with E-state index < -0.39 is 6.10 Å². The Bertz CT molecular complexity index is 519. The number of carbonyl (C=O) groups excluding carboxylic acids is 1. The highest BCUT2D eigenvalue weighted by Crippen LogP contribution is 2.48. The fraction of sp³-hybridized carbons (Fsp3) is 0.632. The first kappa shape index (κ1) is 16.5. The Balaban J connectivity index is 1.39. The molecular weight excluding hydrogens is 290 g/mol. The summed E-state index contributed by atoms with van der Waals surface area (Å²) in [5.74, 6) is 1.75. The molecule has 2 aliphatic carbocycles. The van der Waals surface area contributed by atoms with Crippen LogP contribution in [0, 0.1) is 17.8 Å². The first-order valence-corrected chi connectivity index (χ1v) is 8.68. The number of amides is 1. The SMILES string of the molecule is CN(CC(O)COCc1ccccc1)C(=O)C1CC2CCC1C2. The Morgan fingerprint density at radius 2 is 2.09 bits per heavy atom. The standard InChI is InChI=1S/C19H27NO3/c1-20(19(22)18-10-15-7-8-16(18)9-15)11-17(21)13-23-12-14-5-3-2-4-6-14/h2-6,15-18,21H,7-13H2,1H3. The number of fused-ring (bicyclic) bond motifs is 2. The van der Waals surface area contributed by atoms with Crippen molar-refractivity contribution in [2.45, 2.75) is 38.4 Å². The minimum absolute atomic E-state index is 0.191. The van der Waals surface area contributed by atoms with Crippen molar-refractivity contribution in [3.05, 3.63) is 35.9 Å². The van der Waals surface area contributed by atoms with Gasteiger partial charge in [-0.1, -0.05) is 36.8 Å². The summed E-state index contributed by atoms with van der Waals surface area (Å²) in [6.07, 6.45) is 4.15. The molecule has 0 radical (unpaired) electrons. The molecule has 4 nitrogen and oxygen atoms in total. The van der Waals surface area contributed by atoms with Gasteiger partial charge in [-0.2, -0.15) is 0 Å². The average Bonchev–Trinajstić information content (AvgIpc) is 3.18. The summed E-state index contributed by atoms with van der Waals surface area (Å²) in [7, 11) is 1.80. The predicted molar refractivity (Wildman–Crippen MR) is 88.7 cm³/mol. The number of rotatable bonds is 7. The number of ether oxygens (including phenoxy) is 1. The van der Waals surface area contributed by atoms with Crippen molar-refractivity contribution in [3.63, 3.8) is 0 Å². The van der Waals surface area contributed by atoms with Gasteiger partial charge in [-0.25, -0.2) is 0 Å². The second kappa shape index (κ2) is 7.45. The van der Waals surface area contributed by atoms with Gasteiger partial charge < -0.3 is 14.7 Å². The van der Waals surface area contributed by atoms with Gasteiger partial charge in [0.15, 0.2) is 0 Å². The van der Waals surface area contributed by atoms with E-state index in [9.17, 15) is 9.90 Å². The summed E-state index contributed by atoms with van der Waals surface area (Å²) in [4.78, 5) is 14.2. The van der Waals surface area contributed by atoms with E-state index in [-0.39, 0.29) is 18.4 Å². The van der Waals surface area contributed by atoms with E-state index in [0.29, 0.717) is 19.1 Å². The van der Waals surface area contributed by atoms with Crippen molar-refractivity contribution in [2.24, 2.45) is 17.8 Å². The molecule has 2 bridgehead atoms. The van der Waals surface area contributed by atoms with Crippen molar-refractivity contribution >= 4 is 5.91 Å². The first-order chi connectivity index (χ1) is 11.1. The molecule has 0 aromatic heterocycles. The summed E-state index contributed by atoms with van der Waals surface area (Å²) in [6, 6.07) is 9.90. The molecule has 0 heterocycles. The average molecular weight is 317 g/mol. The summed E-state index contributed by atoms with van der Waals surface area (Å²) in [5, 5.41) is 10.1. The fourth-order valence-corrected chi connectivity index (χ4v) is 4.18. The molecule has 3 rings (SSSR count). The summed E-state index contributed by atoms with van der Waals surface area (Å²) in [5.41, 5.74) is 1.09. The maximum Gasteiger partial charge on any atom is 0.225 e. The Morgan fingerprint density at radius 1 is 1.30 bits per heavy atom. The van der Waals surface area contributed by atoms with Crippen LogP contribution >= 0.6 is 0 Å². The van der Waals surface area contributed by atoms with E-state index in [0.717, 1.165) is 17.9 Å². The molecule has 4 heteroatoms. The van der Waals surface area contributed by atoms with Gasteiger partial charge >= 0.3 is 0 Å². The Morgan fingerprint density at radius 3 is 2.74 bits per heavy atom. The molecule has 0 aliphatic heterocycles. The van der Waals surface area contributed by atoms with Gasteiger partial charge in [-0.05, 0) is 36.7 Å². The van der Waals surface area contributed by atoms with Crippen molar-refractivity contribution in [3.8, 4) is 0 Å². The zero-order valence-corrected chi connectivity index (χ0v) is 13.9. The highest BCUT2D eigenvalue weighted by atomic mass is 16.5. The number of carbonyl (C=O) groups is 1. The van der Waals surface area contributed by atoms with Crippen LogP contribution in [0.5, 0.6) is 0 Å². The monoisotopic (exact) mass is 317 g/mol. The summed E-state index contributed by atoms with van der Waals surface area (Å²) < 4.78 is 5.55. The third-order valence-corrected chi connectivity index (χ3v) is 5.34. The smallest absolute Gasteiger partial charge is 0.225 e. The zero-order valence-electron chi connectivity index (χ0n) is 13.9. The second-order valence-electron chi connectivity index (χ2n) is 7.15. The minimum atomic E-state index is -0.633. The molecular formula is C19H27NO3. The van der Waals surface area contributed by atoms with Gasteiger partial charge in [0.2, 0.25) is 5.91 Å². The van der Waals surface area contributed by atoms with Crippen molar-refractivity contribution < 1.29 is 14.6 Å². The van der Waals surface area contributed by atoms with Gasteiger partial charge in [-0.3, -0.25) is 4.79 Å². The van der Waals surface area contributed by atoms with Gasteiger partial charge in [0, 0.05) is 19.5 Å². The molecule has 2 fully saturated rings. The van der Waals surface area contributed by atoms with Crippen LogP contribution in [0.4, 0.5) is 0 Å². The van der Waals surface area contributed by atoms with Crippen molar-refractivity contribution in [2.75, 3.05) is 20.2 Å². The number of likely N-dealkylation sites (N-methyl/N-ethyl adjacent to an activating group) is 1. The van der Waals surface area contributed by atoms with Crippen molar-refractivity contribution in [1.82, 2.24) is 4.90 Å². The number of hydrogen-bond acceptors (Lipinski definition) is 3. The molecule has 2 aliphatic rings. The quantitative estimate of drug-likeness (QED) is 0.840. The Kier molecular flexibility index (Phi) is 5.34. The minimum Gasteiger partial charge on any atom is -0.389 e. The maximum atomic E-state index is 12.5. The molecule has 4 unspecified atom stereocenters. The molecule has 4 atom stereocenters. The number of benzene rings is 1. The van der Waals surface area contributed by atoms with Crippen LogP contribution in [0.3, 0.4) is 0 Å². The van der Waals surface area contributed by atoms with E-state index >= 15 is 0 Å². The molecule has 126 valence electrons. The largest absolute Gasteiger partial charge is 0.389 e. The van der Waals surface area contributed by atoms with Crippen LogP contribution < -0.4 is 0 Å². The molecule has 1 amide bonds. The van der Waals surface area contributed by atoms with Gasteiger partial charge in [-0.15, -0.1) is 0 Å². The lowest BCUT2D eigenvalue weighted by atomic mass is 9.88. The molecule has 1 aromatic rings. The molecule has 2 saturated carbocycles. The fourth-order valence-electron chi connectivity index (χ4n) is 4.18. The van der Waals surface area contributed by atoms with Crippen LogP contribution in [-0.2, 0) is 16.1 Å². The number of nitrogens with zero attached hydrogens (tertiary/aromatic N) is 1. The van der Waals surface area contributed by atoms with Crippen LogP contribution in [0.2, 0.25) is 0 Å². The van der Waals surface area contributed by atoms with Crippen LogP contribution in [0.1, 0.15) is 31.2 Å². The van der Waals surface area contributed by atoms with Crippen molar-refractivity contribution in [1.29, 1.82) is 0 Å². The summed E-state index contributed by atoms with van der Waals surface area (Å²) >= 11 is 0. The van der Waals surface area contributed by atoms with E-state index in [1.807, 2.05) is 30.3 Å². The van der Waals surface area contributed by atoms with Crippen LogP contribution in [0.25, 0.3) is 0 Å². The molecule has 1 aromatic carbocycles. The third-order valence-electron chi connectivity index (χ3n) is 5.34. The molecule has 0 saturated heterocycles. The molecule has 1 N–H and O–H groups in total. The highest BCUT2D eigenvalue weighted by Gasteiger charge is 2.43. The zero-order chi connectivity index (χ0) is 16.2. The lowest BCUT2D eigenvalue weighted by Gasteiger charge is -2.28. The Labute approximate surface area is 138 Å². The van der Waals surface area contributed by atoms with E-state index in [4.69, 9.17) is 4.74 Å². The normalized spacial score (nSPS) is 27.1. The highest BCUT2D eigenvalue weighted by molar-refractivity contribution is 5.79. The maximum absolute atomic E-state index is 12.5. The van der Waals surface area contributed by atoms with Gasteiger partial charge in [0.25, 0.3) is 0 Å². The number of hydrogen-bond donors (Lipinski definition) is 1. The van der Waals surface area contributed by atoms with E-state index in [1.165, 1.54) is 19.3 Å². The lowest BCUT2D eigenvalue weighted by Crippen LogP contribution is -2.41. The van der Waals surface area contributed by atoms with Gasteiger partial charge in [0.05, 0.1) is 19.3 Å². The molecule has 23 heavy (non-hydrogen) atoms. The van der Waals surface area contributed by atoms with E-state index in [2.05, 4.69) is 0 Å². The van der Waals surface area contributed by atoms with E-state index in [1.54, 1.807) is 11.9 Å². The van der Waals surface area contributed by atoms with Crippen LogP contribution in [-0.4, -0.2) is 42.2 Å². The number of aliphatic hydroxyl groups excluding tert-OH is 1. The predicted octanol–water partition coefficient (Wildman–Crippen LogP) is 2.46. The molecule has 0 spiro atoms. The number of aliphatic hydroxyl groups is 1. The first-order valence-electron chi connectivity index (χ1n) is 8.68. The second-order valence-corrected chi connectivity index (χ2v) is 7.15. The Hall–Kier alpha value is -1.39. The van der Waals surface area contributed by atoms with Gasteiger partial charge in [0.1, 0.15) is 0 Å². The summed E-state index contributed by atoms with van der Waals surface area (Å²) in [6.45, 7) is 1.09. The topological polar surface area (TPSA) is 49.8 Å². The van der Waals surface area contributed by atoms with Crippen LogP contribution in [0.15, 0.2) is 30.3 Å².